The van der Waals surface area contributed by atoms with Crippen LogP contribution in [0.4, 0.5) is 0 Å². The van der Waals surface area contributed by atoms with Crippen LogP contribution in [0.2, 0.25) is 0 Å². The van der Waals surface area contributed by atoms with Gasteiger partial charge in [0.2, 0.25) is 0 Å². The third-order valence-corrected chi connectivity index (χ3v) is 6.70. The predicted octanol–water partition coefficient (Wildman–Crippen LogP) is 5.54. The number of halogens is 1. The molecule has 2 heteroatoms. The molecule has 0 aliphatic rings. The molecule has 0 amide bonds. The van der Waals surface area contributed by atoms with E-state index in [4.69, 9.17) is 5.11 Å². The van der Waals surface area contributed by atoms with Crippen LogP contribution in [0.5, 0.6) is 0 Å². The van der Waals surface area contributed by atoms with Gasteiger partial charge in [0.25, 0.3) is 0 Å². The van der Waals surface area contributed by atoms with Gasteiger partial charge in [0, 0.05) is 11.0 Å². The number of aliphatic hydroxyl groups excluding tert-OH is 1. The summed E-state index contributed by atoms with van der Waals surface area (Å²) >= 11 is 2.46. The molecule has 0 aliphatic heterocycles. The highest BCUT2D eigenvalue weighted by atomic mass is 127. The zero-order valence-corrected chi connectivity index (χ0v) is 16.4. The Bertz CT molecular complexity index is 202. The van der Waals surface area contributed by atoms with Crippen molar-refractivity contribution in [2.75, 3.05) is 11.0 Å². The molecule has 0 atom stereocenters. The lowest BCUT2D eigenvalue weighted by Gasteiger charge is -2.37. The fraction of sp³-hybridized carbons (Fsp3) is 1.00. The number of hydrogen-bond donors (Lipinski definition) is 1. The Morgan fingerprint density at radius 2 is 0.944 bits per heavy atom. The first kappa shape index (κ1) is 21.0. The lowest BCUT2D eigenvalue weighted by molar-refractivity contribution is 0.0503. The van der Waals surface area contributed by atoms with Crippen LogP contribution in [0.25, 0.3) is 0 Å². The van der Waals surface area contributed by atoms with E-state index >= 15 is 0 Å². The predicted molar refractivity (Wildman–Crippen MR) is 92.4 cm³/mol. The maximum Gasteiger partial charge on any atom is 0.0487 e. The van der Waals surface area contributed by atoms with E-state index in [2.05, 4.69) is 91.8 Å². The van der Waals surface area contributed by atoms with Gasteiger partial charge in [-0.05, 0) is 21.7 Å². The maximum atomic E-state index is 8.93. The average Bonchev–Trinajstić information content (AvgIpc) is 2.15. The molecule has 0 aliphatic carbocycles. The average molecular weight is 370 g/mol. The Kier molecular flexibility index (Phi) is 8.07. The lowest BCUT2D eigenvalue weighted by atomic mass is 9.70. The minimum absolute atomic E-state index is 0.0347. The van der Waals surface area contributed by atoms with Gasteiger partial charge in [-0.2, -0.15) is 0 Å². The van der Waals surface area contributed by atoms with Gasteiger partial charge in [-0.15, -0.1) is 0 Å². The maximum absolute atomic E-state index is 8.93. The van der Waals surface area contributed by atoms with Crippen molar-refractivity contribution in [2.24, 2.45) is 21.7 Å². The van der Waals surface area contributed by atoms with Crippen LogP contribution < -0.4 is 0 Å². The smallest absolute Gasteiger partial charge is 0.0487 e. The Hall–Kier alpha value is 0.690. The van der Waals surface area contributed by atoms with Crippen molar-refractivity contribution < 1.29 is 5.11 Å². The summed E-state index contributed by atoms with van der Waals surface area (Å²) in [6.07, 6.45) is 0. The van der Waals surface area contributed by atoms with E-state index in [9.17, 15) is 0 Å². The highest BCUT2D eigenvalue weighted by Crippen LogP contribution is 2.39. The van der Waals surface area contributed by atoms with Crippen LogP contribution in [0.3, 0.4) is 0 Å². The van der Waals surface area contributed by atoms with E-state index in [1.165, 1.54) is 4.43 Å². The first-order valence-corrected chi connectivity index (χ1v) is 8.32. The van der Waals surface area contributed by atoms with E-state index < -0.39 is 0 Å². The van der Waals surface area contributed by atoms with Gasteiger partial charge in [-0.25, -0.2) is 0 Å². The summed E-state index contributed by atoms with van der Waals surface area (Å²) in [6.45, 7) is 22.4. The van der Waals surface area contributed by atoms with E-state index in [0.717, 1.165) is 0 Å². The zero-order valence-electron chi connectivity index (χ0n) is 14.2. The fourth-order valence-corrected chi connectivity index (χ4v) is 1.58. The van der Waals surface area contributed by atoms with Gasteiger partial charge in [0.1, 0.15) is 0 Å². The van der Waals surface area contributed by atoms with Crippen molar-refractivity contribution in [1.82, 2.24) is 0 Å². The third kappa shape index (κ3) is 6.74. The normalized spacial score (nSPS) is 14.0. The van der Waals surface area contributed by atoms with Crippen molar-refractivity contribution >= 4 is 22.6 Å². The van der Waals surface area contributed by atoms with Crippen LogP contribution >= 0.6 is 22.6 Å². The molecule has 0 radical (unpaired) electrons. The highest BCUT2D eigenvalue weighted by Gasteiger charge is 2.31. The van der Waals surface area contributed by atoms with Gasteiger partial charge in [0.05, 0.1) is 0 Å². The number of aliphatic hydroxyl groups is 1. The Labute approximate surface area is 129 Å². The molecule has 18 heavy (non-hydrogen) atoms. The molecular formula is C16H35IO. The second-order valence-electron chi connectivity index (χ2n) is 8.56. The fourth-order valence-electron chi connectivity index (χ4n) is 0.438. The lowest BCUT2D eigenvalue weighted by Crippen LogP contribution is -2.32. The molecule has 0 spiro atoms. The molecule has 0 saturated carbocycles. The first-order chi connectivity index (χ1) is 7.62. The van der Waals surface area contributed by atoms with Crippen LogP contribution in [-0.4, -0.2) is 16.1 Å². The van der Waals surface area contributed by atoms with Crippen molar-refractivity contribution in [2.45, 2.75) is 69.2 Å². The Morgan fingerprint density at radius 3 is 0.944 bits per heavy atom. The van der Waals surface area contributed by atoms with E-state index in [1.54, 1.807) is 0 Å². The van der Waals surface area contributed by atoms with Crippen LogP contribution in [0, 0.1) is 21.7 Å². The quantitative estimate of drug-likeness (QED) is 0.499. The summed E-state index contributed by atoms with van der Waals surface area (Å²) in [6, 6.07) is 0. The third-order valence-electron chi connectivity index (χ3n) is 4.79. The molecule has 0 heterocycles. The molecule has 0 aromatic carbocycles. The molecule has 0 aromatic rings. The molecular weight excluding hydrogens is 335 g/mol. The Morgan fingerprint density at radius 1 is 0.667 bits per heavy atom. The Balaban J connectivity index is 0. The van der Waals surface area contributed by atoms with E-state index in [-0.39, 0.29) is 17.4 Å². The van der Waals surface area contributed by atoms with Gasteiger partial charge in [-0.3, -0.25) is 0 Å². The molecule has 0 rings (SSSR count). The SMILES string of the molecule is CC(C)(C)C(C)(C)CI.CC(C)(C)C(C)(C)CO. The number of rotatable bonds is 2. The zero-order chi connectivity index (χ0) is 15.4. The van der Waals surface area contributed by atoms with Crippen LogP contribution in [0.15, 0.2) is 0 Å². The van der Waals surface area contributed by atoms with Crippen molar-refractivity contribution in [3.05, 3.63) is 0 Å². The monoisotopic (exact) mass is 370 g/mol. The summed E-state index contributed by atoms with van der Waals surface area (Å²) in [5.74, 6) is 0. The molecule has 0 unspecified atom stereocenters. The van der Waals surface area contributed by atoms with Crippen molar-refractivity contribution in [3.8, 4) is 0 Å². The largest absolute Gasteiger partial charge is 0.396 e. The van der Waals surface area contributed by atoms with Gasteiger partial charge in [-0.1, -0.05) is 91.8 Å². The number of hydrogen-bond acceptors (Lipinski definition) is 1. The van der Waals surface area contributed by atoms with Gasteiger partial charge < -0.3 is 5.11 Å². The minimum atomic E-state index is 0.0347. The summed E-state index contributed by atoms with van der Waals surface area (Å²) in [5.41, 5.74) is 1.14. The second kappa shape index (κ2) is 6.92. The molecule has 0 aromatic heterocycles. The van der Waals surface area contributed by atoms with Crippen molar-refractivity contribution in [3.63, 3.8) is 0 Å². The summed E-state index contributed by atoms with van der Waals surface area (Å²) in [7, 11) is 0. The standard InChI is InChI=1S/C8H17I.C8H18O/c2*1-7(2,3)8(4,5)6-9/h6H2,1-5H3;9H,6H2,1-5H3. The molecule has 0 fully saturated rings. The molecule has 0 bridgehead atoms. The first-order valence-electron chi connectivity index (χ1n) is 6.79. The van der Waals surface area contributed by atoms with Crippen molar-refractivity contribution in [1.29, 1.82) is 0 Å². The van der Waals surface area contributed by atoms with Crippen LogP contribution in [0.1, 0.15) is 69.2 Å². The highest BCUT2D eigenvalue weighted by molar-refractivity contribution is 14.1. The van der Waals surface area contributed by atoms with Gasteiger partial charge in [0.15, 0.2) is 0 Å². The molecule has 1 nitrogen and oxygen atoms in total. The summed E-state index contributed by atoms with van der Waals surface area (Å²) in [5, 5.41) is 8.93. The topological polar surface area (TPSA) is 20.2 Å². The van der Waals surface area contributed by atoms with E-state index in [1.807, 2.05) is 0 Å². The molecule has 1 N–H and O–H groups in total. The summed E-state index contributed by atoms with van der Waals surface area (Å²) in [4.78, 5) is 0. The molecule has 112 valence electrons. The summed E-state index contributed by atoms with van der Waals surface area (Å²) < 4.78 is 1.23. The number of alkyl halides is 1. The second-order valence-corrected chi connectivity index (χ2v) is 9.32. The van der Waals surface area contributed by atoms with Gasteiger partial charge >= 0.3 is 0 Å². The minimum Gasteiger partial charge on any atom is -0.396 e. The molecule has 0 saturated heterocycles. The van der Waals surface area contributed by atoms with Crippen LogP contribution in [-0.2, 0) is 0 Å². The van der Waals surface area contributed by atoms with E-state index in [0.29, 0.717) is 10.8 Å².